The van der Waals surface area contributed by atoms with E-state index in [4.69, 9.17) is 0 Å². The summed E-state index contributed by atoms with van der Waals surface area (Å²) < 4.78 is 1.17. The molecule has 1 saturated heterocycles. The van der Waals surface area contributed by atoms with E-state index in [0.29, 0.717) is 6.04 Å². The van der Waals surface area contributed by atoms with Crippen molar-refractivity contribution in [2.24, 2.45) is 0 Å². The Balaban J connectivity index is 0.00000196. The van der Waals surface area contributed by atoms with E-state index < -0.39 is 0 Å². The first-order chi connectivity index (χ1) is 12.1. The molecule has 2 aliphatic rings. The summed E-state index contributed by atoms with van der Waals surface area (Å²) in [4.78, 5) is 2.72. The van der Waals surface area contributed by atoms with E-state index in [-0.39, 0.29) is 7.43 Å². The van der Waals surface area contributed by atoms with Crippen LogP contribution in [0.25, 0.3) is 0 Å². The van der Waals surface area contributed by atoms with Gasteiger partial charge in [-0.1, -0.05) is 42.5 Å². The van der Waals surface area contributed by atoms with Crippen LogP contribution in [0.1, 0.15) is 30.4 Å². The van der Waals surface area contributed by atoms with E-state index in [1.807, 2.05) is 0 Å². The molecule has 2 nitrogen and oxygen atoms in total. The predicted octanol–water partition coefficient (Wildman–Crippen LogP) is 4.74. The van der Waals surface area contributed by atoms with Gasteiger partial charge in [-0.15, -0.1) is 0 Å². The molecule has 0 aromatic heterocycles. The lowest BCUT2D eigenvalue weighted by Gasteiger charge is -2.45. The molecule has 1 heterocycles. The summed E-state index contributed by atoms with van der Waals surface area (Å²) in [5.41, 5.74) is 4.49. The zero-order valence-electron chi connectivity index (χ0n) is 16.7. The molecule has 140 valence electrons. The van der Waals surface area contributed by atoms with Gasteiger partial charge in [0.1, 0.15) is 6.04 Å². The van der Waals surface area contributed by atoms with Gasteiger partial charge >= 0.3 is 0 Å². The number of para-hydroxylation sites is 1. The van der Waals surface area contributed by atoms with Gasteiger partial charge in [-0.25, -0.2) is 0 Å². The standard InChI is InChI=1S/C23H31N2.CH3/c1-25(2)15-9-8-14-23(25)18-24(21-12-4-3-5-13-21)22-16-19-10-6-7-11-20(19)17-22;/h3-7,10-13,22-23H,8-9,14-18H2,1-2H3;1H3/q+1;-1/t23-;/m0./s1. The predicted molar refractivity (Wildman–Crippen MR) is 112 cm³/mol. The van der Waals surface area contributed by atoms with Gasteiger partial charge in [-0.2, -0.15) is 0 Å². The number of hydrogen-bond donors (Lipinski definition) is 0. The van der Waals surface area contributed by atoms with Crippen molar-refractivity contribution in [3.8, 4) is 0 Å². The number of piperidine rings is 1. The Morgan fingerprint density at radius 3 is 2.12 bits per heavy atom. The van der Waals surface area contributed by atoms with E-state index in [1.165, 1.54) is 55.4 Å². The summed E-state index contributed by atoms with van der Waals surface area (Å²) in [6.07, 6.45) is 6.50. The summed E-state index contributed by atoms with van der Waals surface area (Å²) >= 11 is 0. The van der Waals surface area contributed by atoms with Crippen LogP contribution in [0.3, 0.4) is 0 Å². The van der Waals surface area contributed by atoms with Crippen LogP contribution in [0.2, 0.25) is 0 Å². The van der Waals surface area contributed by atoms with Gasteiger partial charge in [-0.05, 0) is 48.9 Å². The third-order valence-corrected chi connectivity index (χ3v) is 6.48. The van der Waals surface area contributed by atoms with Gasteiger partial charge in [0.05, 0.1) is 27.2 Å². The van der Waals surface area contributed by atoms with E-state index in [0.717, 1.165) is 6.04 Å². The molecule has 0 bridgehead atoms. The van der Waals surface area contributed by atoms with Crippen LogP contribution in [0.4, 0.5) is 5.69 Å². The SMILES string of the molecule is C[N+]1(C)CCCC[C@H]1CN(c1ccccc1)C1Cc2ccccc2C1.[CH3-]. The maximum Gasteiger partial charge on any atom is 0.106 e. The monoisotopic (exact) mass is 350 g/mol. The maximum atomic E-state index is 2.72. The smallest absolute Gasteiger partial charge is 0.106 e. The average molecular weight is 351 g/mol. The van der Waals surface area contributed by atoms with E-state index in [9.17, 15) is 0 Å². The first kappa shape index (κ1) is 19.0. The number of fused-ring (bicyclic) bond motifs is 1. The first-order valence-electron chi connectivity index (χ1n) is 9.85. The highest BCUT2D eigenvalue weighted by molar-refractivity contribution is 5.50. The van der Waals surface area contributed by atoms with Crippen molar-refractivity contribution in [3.05, 3.63) is 73.2 Å². The van der Waals surface area contributed by atoms with Crippen LogP contribution in [0, 0.1) is 7.43 Å². The highest BCUT2D eigenvalue weighted by atomic mass is 15.4. The molecule has 1 atom stereocenters. The summed E-state index contributed by atoms with van der Waals surface area (Å²) in [6.45, 7) is 2.49. The molecule has 2 aromatic rings. The van der Waals surface area contributed by atoms with Crippen LogP contribution in [-0.4, -0.2) is 43.8 Å². The van der Waals surface area contributed by atoms with Gasteiger partial charge in [0.2, 0.25) is 0 Å². The molecular weight excluding hydrogens is 316 g/mol. The maximum absolute atomic E-state index is 2.72. The summed E-state index contributed by atoms with van der Waals surface area (Å²) in [5.74, 6) is 0. The molecule has 26 heavy (non-hydrogen) atoms. The Labute approximate surface area is 160 Å². The third-order valence-electron chi connectivity index (χ3n) is 6.48. The number of quaternary nitrogens is 1. The molecular formula is C24H34N2. The number of nitrogens with zero attached hydrogens (tertiary/aromatic N) is 2. The second-order valence-corrected chi connectivity index (χ2v) is 8.47. The molecule has 0 unspecified atom stereocenters. The lowest BCUT2D eigenvalue weighted by Crippen LogP contribution is -2.57. The number of rotatable bonds is 4. The minimum atomic E-state index is 0. The van der Waals surface area contributed by atoms with Crippen molar-refractivity contribution in [2.75, 3.05) is 32.1 Å². The summed E-state index contributed by atoms with van der Waals surface area (Å²) in [6, 6.07) is 21.4. The van der Waals surface area contributed by atoms with Crippen LogP contribution in [-0.2, 0) is 12.8 Å². The van der Waals surface area contributed by atoms with Gasteiger partial charge in [0.15, 0.2) is 0 Å². The molecule has 2 heteroatoms. The van der Waals surface area contributed by atoms with Crippen LogP contribution in [0.15, 0.2) is 54.6 Å². The molecule has 0 spiro atoms. The number of benzene rings is 2. The second kappa shape index (κ2) is 7.84. The van der Waals surface area contributed by atoms with Crippen LogP contribution >= 0.6 is 0 Å². The third kappa shape index (κ3) is 3.81. The number of hydrogen-bond acceptors (Lipinski definition) is 1. The molecule has 0 N–H and O–H groups in total. The Bertz CT molecular complexity index is 682. The minimum absolute atomic E-state index is 0. The number of likely N-dealkylation sites (N-methyl/N-ethyl adjacent to an activating group) is 1. The Morgan fingerprint density at radius 2 is 1.50 bits per heavy atom. The van der Waals surface area contributed by atoms with E-state index in [2.05, 4.69) is 73.6 Å². The lowest BCUT2D eigenvalue weighted by atomic mass is 9.98. The minimum Gasteiger partial charge on any atom is -0.362 e. The Hall–Kier alpha value is -1.80. The second-order valence-electron chi connectivity index (χ2n) is 8.47. The molecule has 1 aliphatic heterocycles. The topological polar surface area (TPSA) is 3.24 Å². The number of anilines is 1. The summed E-state index contributed by atoms with van der Waals surface area (Å²) in [5, 5.41) is 0. The largest absolute Gasteiger partial charge is 0.362 e. The van der Waals surface area contributed by atoms with Crippen molar-refractivity contribution >= 4 is 5.69 Å². The normalized spacial score (nSPS) is 21.7. The molecule has 0 radical (unpaired) electrons. The van der Waals surface area contributed by atoms with Crippen molar-refractivity contribution in [1.29, 1.82) is 0 Å². The van der Waals surface area contributed by atoms with Crippen molar-refractivity contribution < 1.29 is 4.48 Å². The zero-order valence-corrected chi connectivity index (χ0v) is 16.7. The molecule has 1 aliphatic carbocycles. The zero-order chi connectivity index (χ0) is 17.3. The van der Waals surface area contributed by atoms with E-state index >= 15 is 0 Å². The highest BCUT2D eigenvalue weighted by Gasteiger charge is 2.36. The fraction of sp³-hybridized carbons (Fsp3) is 0.458. The Morgan fingerprint density at radius 1 is 0.885 bits per heavy atom. The van der Waals surface area contributed by atoms with Crippen LogP contribution < -0.4 is 4.90 Å². The van der Waals surface area contributed by atoms with Gasteiger partial charge in [0.25, 0.3) is 0 Å². The molecule has 0 saturated carbocycles. The van der Waals surface area contributed by atoms with Gasteiger partial charge in [-0.3, -0.25) is 0 Å². The van der Waals surface area contributed by atoms with Crippen LogP contribution in [0.5, 0.6) is 0 Å². The fourth-order valence-electron chi connectivity index (χ4n) is 4.81. The van der Waals surface area contributed by atoms with Crippen molar-refractivity contribution in [1.82, 2.24) is 0 Å². The molecule has 4 rings (SSSR count). The van der Waals surface area contributed by atoms with Gasteiger partial charge in [0, 0.05) is 18.2 Å². The highest BCUT2D eigenvalue weighted by Crippen LogP contribution is 2.31. The Kier molecular flexibility index (Phi) is 5.72. The molecule has 1 fully saturated rings. The summed E-state index contributed by atoms with van der Waals surface area (Å²) in [7, 11) is 4.85. The average Bonchev–Trinajstić information content (AvgIpc) is 3.05. The van der Waals surface area contributed by atoms with Crippen molar-refractivity contribution in [3.63, 3.8) is 0 Å². The molecule has 2 aromatic carbocycles. The number of likely N-dealkylation sites (tertiary alicyclic amines) is 1. The first-order valence-corrected chi connectivity index (χ1v) is 9.85. The molecule has 0 amide bonds. The van der Waals surface area contributed by atoms with Gasteiger partial charge < -0.3 is 16.8 Å². The quantitative estimate of drug-likeness (QED) is 0.569. The lowest BCUT2D eigenvalue weighted by molar-refractivity contribution is -0.918. The fourth-order valence-corrected chi connectivity index (χ4v) is 4.81. The van der Waals surface area contributed by atoms with E-state index in [1.54, 1.807) is 11.1 Å². The van der Waals surface area contributed by atoms with Crippen molar-refractivity contribution in [2.45, 2.75) is 44.2 Å².